The second-order valence-corrected chi connectivity index (χ2v) is 7.28. The van der Waals surface area contributed by atoms with Crippen LogP contribution < -0.4 is 9.57 Å². The van der Waals surface area contributed by atoms with Crippen molar-refractivity contribution in [1.82, 2.24) is 4.83 Å². The quantitative estimate of drug-likeness (QED) is 0.599. The van der Waals surface area contributed by atoms with Crippen molar-refractivity contribution in [3.05, 3.63) is 58.6 Å². The van der Waals surface area contributed by atoms with Crippen LogP contribution in [0.3, 0.4) is 0 Å². The van der Waals surface area contributed by atoms with E-state index in [2.05, 4.69) is 25.9 Å². The molecule has 0 aromatic heterocycles. The highest BCUT2D eigenvalue weighted by molar-refractivity contribution is 9.10. The zero-order valence-corrected chi connectivity index (χ0v) is 15.2. The maximum absolute atomic E-state index is 12.2. The van der Waals surface area contributed by atoms with E-state index in [1.54, 1.807) is 19.1 Å². The largest absolute Gasteiger partial charge is 0.494 e. The van der Waals surface area contributed by atoms with Crippen LogP contribution in [-0.2, 0) is 10.0 Å². The molecule has 0 radical (unpaired) electrons. The van der Waals surface area contributed by atoms with Gasteiger partial charge in [-0.1, -0.05) is 15.9 Å². The average molecular weight is 397 g/mol. The van der Waals surface area contributed by atoms with Crippen molar-refractivity contribution in [2.75, 3.05) is 6.61 Å². The topological polar surface area (TPSA) is 67.8 Å². The smallest absolute Gasteiger partial charge is 0.276 e. The molecular formula is C16H17BrN2O3S. The molecule has 122 valence electrons. The van der Waals surface area contributed by atoms with Gasteiger partial charge in [0.2, 0.25) is 0 Å². The van der Waals surface area contributed by atoms with Gasteiger partial charge in [-0.3, -0.25) is 0 Å². The van der Waals surface area contributed by atoms with Crippen molar-refractivity contribution in [3.63, 3.8) is 0 Å². The van der Waals surface area contributed by atoms with Gasteiger partial charge in [-0.2, -0.15) is 18.4 Å². The molecule has 2 rings (SSSR count). The molecule has 1 N–H and O–H groups in total. The number of hydrazone groups is 1. The van der Waals surface area contributed by atoms with E-state index in [4.69, 9.17) is 4.74 Å². The monoisotopic (exact) mass is 396 g/mol. The first kappa shape index (κ1) is 17.5. The molecule has 0 heterocycles. The van der Waals surface area contributed by atoms with Crippen LogP contribution in [0.15, 0.2) is 63.0 Å². The second kappa shape index (κ2) is 7.61. The molecular weight excluding hydrogens is 380 g/mol. The molecule has 0 amide bonds. The van der Waals surface area contributed by atoms with Crippen LogP contribution in [0.1, 0.15) is 19.4 Å². The molecule has 0 fully saturated rings. The van der Waals surface area contributed by atoms with Crippen LogP contribution in [0.2, 0.25) is 0 Å². The van der Waals surface area contributed by atoms with Gasteiger partial charge in [-0.15, -0.1) is 0 Å². The number of nitrogens with one attached hydrogen (secondary N) is 1. The van der Waals surface area contributed by atoms with E-state index < -0.39 is 10.0 Å². The molecule has 0 aliphatic rings. The summed E-state index contributed by atoms with van der Waals surface area (Å²) >= 11 is 3.27. The minimum atomic E-state index is -3.68. The normalized spacial score (nSPS) is 12.0. The maximum atomic E-state index is 12.2. The predicted molar refractivity (Wildman–Crippen MR) is 94.3 cm³/mol. The third kappa shape index (κ3) is 4.80. The zero-order chi connectivity index (χ0) is 16.9. The van der Waals surface area contributed by atoms with Crippen LogP contribution in [0, 0.1) is 0 Å². The van der Waals surface area contributed by atoms with E-state index in [1.165, 1.54) is 12.1 Å². The summed E-state index contributed by atoms with van der Waals surface area (Å²) in [5, 5.41) is 3.97. The summed E-state index contributed by atoms with van der Waals surface area (Å²) in [5.74, 6) is 0.763. The molecule has 0 aliphatic carbocycles. The van der Waals surface area contributed by atoms with Gasteiger partial charge >= 0.3 is 0 Å². The van der Waals surface area contributed by atoms with Gasteiger partial charge in [0.25, 0.3) is 10.0 Å². The molecule has 0 unspecified atom stereocenters. The minimum absolute atomic E-state index is 0.156. The fourth-order valence-corrected chi connectivity index (χ4v) is 2.94. The highest BCUT2D eigenvalue weighted by atomic mass is 79.9. The molecule has 23 heavy (non-hydrogen) atoms. The summed E-state index contributed by atoms with van der Waals surface area (Å²) in [7, 11) is -3.68. The predicted octanol–water partition coefficient (Wildman–Crippen LogP) is 3.55. The summed E-state index contributed by atoms with van der Waals surface area (Å²) in [4.78, 5) is 2.40. The molecule has 7 heteroatoms. The van der Waals surface area contributed by atoms with Gasteiger partial charge in [-0.25, -0.2) is 0 Å². The number of rotatable bonds is 6. The average Bonchev–Trinajstić information content (AvgIpc) is 2.54. The molecule has 0 aliphatic heterocycles. The number of benzene rings is 2. The maximum Gasteiger partial charge on any atom is 0.276 e. The summed E-state index contributed by atoms with van der Waals surface area (Å²) < 4.78 is 30.5. The number of hydrogen-bond donors (Lipinski definition) is 1. The lowest BCUT2D eigenvalue weighted by molar-refractivity contribution is 0.340. The van der Waals surface area contributed by atoms with E-state index in [0.29, 0.717) is 12.3 Å². The number of ether oxygens (including phenoxy) is 1. The first-order valence-corrected chi connectivity index (χ1v) is 9.25. The Hall–Kier alpha value is -1.86. The standard InChI is InChI=1S/C16H17BrN2O3S/c1-3-22-15-8-4-13(5-9-15)12(2)18-19-23(20,21)16-10-6-14(17)7-11-16/h4-11,19H,3H2,1-2H3/b18-12+. The van der Waals surface area contributed by atoms with Crippen molar-refractivity contribution in [2.45, 2.75) is 18.7 Å². The summed E-state index contributed by atoms with van der Waals surface area (Å²) in [6.07, 6.45) is 0. The summed E-state index contributed by atoms with van der Waals surface area (Å²) in [5.41, 5.74) is 1.38. The van der Waals surface area contributed by atoms with Crippen LogP contribution in [0.5, 0.6) is 5.75 Å². The Bertz CT molecular complexity index is 785. The summed E-state index contributed by atoms with van der Waals surface area (Å²) in [6, 6.07) is 13.6. The van der Waals surface area contributed by atoms with Crippen molar-refractivity contribution in [3.8, 4) is 5.75 Å². The Morgan fingerprint density at radius 3 is 2.30 bits per heavy atom. The first-order chi connectivity index (χ1) is 10.9. The van der Waals surface area contributed by atoms with Crippen molar-refractivity contribution in [1.29, 1.82) is 0 Å². The van der Waals surface area contributed by atoms with Crippen molar-refractivity contribution in [2.24, 2.45) is 5.10 Å². The third-order valence-electron chi connectivity index (χ3n) is 3.04. The molecule has 0 atom stereocenters. The van der Waals surface area contributed by atoms with E-state index in [9.17, 15) is 8.42 Å². The highest BCUT2D eigenvalue weighted by Gasteiger charge is 2.12. The minimum Gasteiger partial charge on any atom is -0.494 e. The number of halogens is 1. The van der Waals surface area contributed by atoms with Crippen molar-refractivity contribution >= 4 is 31.7 Å². The fraction of sp³-hybridized carbons (Fsp3) is 0.188. The lowest BCUT2D eigenvalue weighted by atomic mass is 10.1. The lowest BCUT2D eigenvalue weighted by Crippen LogP contribution is -2.19. The Morgan fingerprint density at radius 1 is 1.13 bits per heavy atom. The van der Waals surface area contributed by atoms with E-state index >= 15 is 0 Å². The van der Waals surface area contributed by atoms with Gasteiger partial charge in [0.1, 0.15) is 5.75 Å². The Kier molecular flexibility index (Phi) is 5.79. The van der Waals surface area contributed by atoms with E-state index in [1.807, 2.05) is 31.2 Å². The second-order valence-electron chi connectivity index (χ2n) is 4.70. The Balaban J connectivity index is 2.13. The molecule has 2 aromatic carbocycles. The summed E-state index contributed by atoms with van der Waals surface area (Å²) in [6.45, 7) is 4.25. The van der Waals surface area contributed by atoms with Crippen LogP contribution >= 0.6 is 15.9 Å². The lowest BCUT2D eigenvalue weighted by Gasteiger charge is -2.07. The zero-order valence-electron chi connectivity index (χ0n) is 12.8. The molecule has 0 bridgehead atoms. The van der Waals surface area contributed by atoms with Gasteiger partial charge in [0, 0.05) is 4.47 Å². The molecule has 2 aromatic rings. The van der Waals surface area contributed by atoms with Crippen LogP contribution in [0.25, 0.3) is 0 Å². The van der Waals surface area contributed by atoms with Gasteiger partial charge in [-0.05, 0) is 67.9 Å². The SMILES string of the molecule is CCOc1ccc(/C(C)=N/NS(=O)(=O)c2ccc(Br)cc2)cc1. The number of sulfonamides is 1. The Labute approximate surface area is 144 Å². The van der Waals surface area contributed by atoms with Gasteiger partial charge in [0.15, 0.2) is 0 Å². The van der Waals surface area contributed by atoms with E-state index in [0.717, 1.165) is 15.8 Å². The van der Waals surface area contributed by atoms with Gasteiger partial charge in [0.05, 0.1) is 17.2 Å². The number of nitrogens with zero attached hydrogens (tertiary/aromatic N) is 1. The van der Waals surface area contributed by atoms with Gasteiger partial charge < -0.3 is 4.74 Å². The van der Waals surface area contributed by atoms with Crippen LogP contribution in [0.4, 0.5) is 0 Å². The van der Waals surface area contributed by atoms with E-state index in [-0.39, 0.29) is 4.90 Å². The Morgan fingerprint density at radius 2 is 1.74 bits per heavy atom. The van der Waals surface area contributed by atoms with Crippen molar-refractivity contribution < 1.29 is 13.2 Å². The molecule has 5 nitrogen and oxygen atoms in total. The highest BCUT2D eigenvalue weighted by Crippen LogP contribution is 2.15. The third-order valence-corrected chi connectivity index (χ3v) is 4.79. The first-order valence-electron chi connectivity index (χ1n) is 6.97. The molecule has 0 saturated heterocycles. The van der Waals surface area contributed by atoms with Crippen LogP contribution in [-0.4, -0.2) is 20.7 Å². The number of hydrogen-bond acceptors (Lipinski definition) is 4. The molecule has 0 spiro atoms. The molecule has 0 saturated carbocycles. The fourth-order valence-electron chi connectivity index (χ4n) is 1.82.